The lowest BCUT2D eigenvalue weighted by molar-refractivity contribution is 0.0534. The van der Waals surface area contributed by atoms with Gasteiger partial charge in [-0.2, -0.15) is 0 Å². The maximum atomic E-state index is 11.1. The zero-order valence-corrected chi connectivity index (χ0v) is 9.76. The quantitative estimate of drug-likeness (QED) is 0.710. The summed E-state index contributed by atoms with van der Waals surface area (Å²) < 4.78 is 5.06. The minimum absolute atomic E-state index is 0.370. The van der Waals surface area contributed by atoms with Crippen molar-refractivity contribution in [3.63, 3.8) is 0 Å². The first-order valence-electron chi connectivity index (χ1n) is 4.95. The number of nitrogens with one attached hydrogen (secondary N) is 1. The molecule has 0 unspecified atom stereocenters. The average Bonchev–Trinajstić information content (AvgIpc) is 1.94. The van der Waals surface area contributed by atoms with Crippen molar-refractivity contribution in [2.24, 2.45) is 5.92 Å². The van der Waals surface area contributed by atoms with Gasteiger partial charge in [-0.05, 0) is 26.7 Å². The molecule has 0 heterocycles. The first kappa shape index (κ1) is 13.0. The van der Waals surface area contributed by atoms with Crippen LogP contribution in [0.5, 0.6) is 0 Å². The fourth-order valence-electron chi connectivity index (χ4n) is 0.797. The summed E-state index contributed by atoms with van der Waals surface area (Å²) in [6, 6.07) is 0. The van der Waals surface area contributed by atoms with Gasteiger partial charge in [-0.3, -0.25) is 0 Å². The summed E-state index contributed by atoms with van der Waals surface area (Å²) in [6.07, 6.45) is 3.59. The molecule has 1 N–H and O–H groups in total. The molecule has 0 saturated heterocycles. The Hall–Kier alpha value is -0.990. The van der Waals surface area contributed by atoms with E-state index >= 15 is 0 Å². The Kier molecular flexibility index (Phi) is 5.28. The zero-order valence-electron chi connectivity index (χ0n) is 9.76. The second-order valence-corrected chi connectivity index (χ2v) is 4.55. The van der Waals surface area contributed by atoms with Gasteiger partial charge in [0.2, 0.25) is 0 Å². The fourth-order valence-corrected chi connectivity index (χ4v) is 0.797. The molecule has 14 heavy (non-hydrogen) atoms. The van der Waals surface area contributed by atoms with E-state index in [9.17, 15) is 4.79 Å². The van der Waals surface area contributed by atoms with Crippen molar-refractivity contribution in [1.29, 1.82) is 0 Å². The van der Waals surface area contributed by atoms with Crippen LogP contribution in [-0.2, 0) is 4.74 Å². The predicted octanol–water partition coefficient (Wildman–Crippen LogP) is 2.72. The van der Waals surface area contributed by atoms with Gasteiger partial charge in [0.1, 0.15) is 5.60 Å². The average molecular weight is 199 g/mol. The number of rotatable bonds is 3. The highest BCUT2D eigenvalue weighted by Crippen LogP contribution is 2.06. The van der Waals surface area contributed by atoms with Gasteiger partial charge in [-0.1, -0.05) is 26.0 Å². The minimum atomic E-state index is -0.425. The van der Waals surface area contributed by atoms with Crippen molar-refractivity contribution < 1.29 is 9.53 Å². The summed E-state index contributed by atoms with van der Waals surface area (Å²) in [5, 5.41) is 2.65. The molecule has 0 aromatic rings. The summed E-state index contributed by atoms with van der Waals surface area (Å²) in [5.74, 6) is 0.510. The van der Waals surface area contributed by atoms with E-state index in [1.807, 2.05) is 32.9 Å². The van der Waals surface area contributed by atoms with E-state index in [4.69, 9.17) is 4.74 Å². The number of amides is 1. The Bertz CT molecular complexity index is 202. The molecule has 0 bridgehead atoms. The molecule has 0 fully saturated rings. The maximum absolute atomic E-state index is 11.1. The normalized spacial score (nSPS) is 12.1. The summed E-state index contributed by atoms with van der Waals surface area (Å²) in [7, 11) is 0. The summed E-state index contributed by atoms with van der Waals surface area (Å²) in [5.41, 5.74) is -0.425. The molecule has 1 amide bonds. The standard InChI is InChI=1S/C11H21NO2/c1-9(2)7-6-8-12-10(13)14-11(3,4)5/h6-7,9H,8H2,1-5H3,(H,12,13)/b7-6+. The van der Waals surface area contributed by atoms with Gasteiger partial charge in [0.05, 0.1) is 0 Å². The summed E-state index contributed by atoms with van der Waals surface area (Å²) in [4.78, 5) is 11.1. The lowest BCUT2D eigenvalue weighted by Gasteiger charge is -2.19. The molecule has 82 valence electrons. The SMILES string of the molecule is CC(C)/C=C/CNC(=O)OC(C)(C)C. The van der Waals surface area contributed by atoms with Gasteiger partial charge in [0, 0.05) is 6.54 Å². The number of allylic oxidation sites excluding steroid dienone is 1. The third kappa shape index (κ3) is 9.10. The Morgan fingerprint density at radius 2 is 2.00 bits per heavy atom. The molecular weight excluding hydrogens is 178 g/mol. The van der Waals surface area contributed by atoms with E-state index in [0.29, 0.717) is 12.5 Å². The molecule has 0 aliphatic carbocycles. The van der Waals surface area contributed by atoms with Crippen LogP contribution >= 0.6 is 0 Å². The third-order valence-corrected chi connectivity index (χ3v) is 1.28. The van der Waals surface area contributed by atoms with Crippen LogP contribution in [-0.4, -0.2) is 18.2 Å². The van der Waals surface area contributed by atoms with Crippen molar-refractivity contribution in [2.45, 2.75) is 40.2 Å². The molecule has 0 rings (SSSR count). The Morgan fingerprint density at radius 1 is 1.43 bits per heavy atom. The summed E-state index contributed by atoms with van der Waals surface area (Å²) >= 11 is 0. The van der Waals surface area contributed by atoms with Gasteiger partial charge >= 0.3 is 6.09 Å². The van der Waals surface area contributed by atoms with Gasteiger partial charge in [-0.25, -0.2) is 4.79 Å². The van der Waals surface area contributed by atoms with E-state index in [1.54, 1.807) is 0 Å². The van der Waals surface area contributed by atoms with Gasteiger partial charge in [0.25, 0.3) is 0 Å². The topological polar surface area (TPSA) is 38.3 Å². The van der Waals surface area contributed by atoms with Crippen molar-refractivity contribution in [1.82, 2.24) is 5.32 Å². The number of alkyl carbamates (subject to hydrolysis) is 1. The molecule has 0 aliphatic heterocycles. The molecular formula is C11H21NO2. The second-order valence-electron chi connectivity index (χ2n) is 4.55. The van der Waals surface area contributed by atoms with Crippen LogP contribution in [0, 0.1) is 5.92 Å². The maximum Gasteiger partial charge on any atom is 0.407 e. The van der Waals surface area contributed by atoms with Crippen LogP contribution in [0.1, 0.15) is 34.6 Å². The zero-order chi connectivity index (χ0) is 11.2. The van der Waals surface area contributed by atoms with Crippen LogP contribution in [0.4, 0.5) is 4.79 Å². The van der Waals surface area contributed by atoms with E-state index < -0.39 is 5.60 Å². The minimum Gasteiger partial charge on any atom is -0.444 e. The van der Waals surface area contributed by atoms with Crippen molar-refractivity contribution in [3.8, 4) is 0 Å². The van der Waals surface area contributed by atoms with Crippen LogP contribution in [0.15, 0.2) is 12.2 Å². The third-order valence-electron chi connectivity index (χ3n) is 1.28. The molecule has 3 nitrogen and oxygen atoms in total. The van der Waals surface area contributed by atoms with E-state index in [-0.39, 0.29) is 6.09 Å². The Morgan fingerprint density at radius 3 is 2.43 bits per heavy atom. The van der Waals surface area contributed by atoms with Crippen LogP contribution in [0.25, 0.3) is 0 Å². The number of hydrogen-bond donors (Lipinski definition) is 1. The van der Waals surface area contributed by atoms with Gasteiger partial charge in [0.15, 0.2) is 0 Å². The monoisotopic (exact) mass is 199 g/mol. The van der Waals surface area contributed by atoms with Crippen LogP contribution in [0.3, 0.4) is 0 Å². The van der Waals surface area contributed by atoms with E-state index in [1.165, 1.54) is 0 Å². The largest absolute Gasteiger partial charge is 0.444 e. The van der Waals surface area contributed by atoms with E-state index in [2.05, 4.69) is 19.2 Å². The molecule has 0 radical (unpaired) electrons. The smallest absolute Gasteiger partial charge is 0.407 e. The van der Waals surface area contributed by atoms with Crippen molar-refractivity contribution in [2.75, 3.05) is 6.54 Å². The number of carbonyl (C=O) groups excluding carboxylic acids is 1. The fraction of sp³-hybridized carbons (Fsp3) is 0.727. The first-order valence-corrected chi connectivity index (χ1v) is 4.95. The molecule has 0 spiro atoms. The van der Waals surface area contributed by atoms with Crippen LogP contribution in [0.2, 0.25) is 0 Å². The van der Waals surface area contributed by atoms with Gasteiger partial charge in [-0.15, -0.1) is 0 Å². The summed E-state index contributed by atoms with van der Waals surface area (Å²) in [6.45, 7) is 10.2. The van der Waals surface area contributed by atoms with Crippen molar-refractivity contribution in [3.05, 3.63) is 12.2 Å². The molecule has 0 saturated carbocycles. The lowest BCUT2D eigenvalue weighted by Crippen LogP contribution is -2.32. The molecule has 0 atom stereocenters. The highest BCUT2D eigenvalue weighted by molar-refractivity contribution is 5.67. The Labute approximate surface area is 86.5 Å². The number of ether oxygens (including phenoxy) is 1. The predicted molar refractivity (Wildman–Crippen MR) is 58.2 cm³/mol. The molecule has 3 heteroatoms. The van der Waals surface area contributed by atoms with Gasteiger partial charge < -0.3 is 10.1 Å². The first-order chi connectivity index (χ1) is 6.31. The lowest BCUT2D eigenvalue weighted by atomic mass is 10.2. The molecule has 0 aromatic carbocycles. The highest BCUT2D eigenvalue weighted by atomic mass is 16.6. The van der Waals surface area contributed by atoms with E-state index in [0.717, 1.165) is 0 Å². The molecule has 0 aromatic heterocycles. The number of hydrogen-bond acceptors (Lipinski definition) is 2. The highest BCUT2D eigenvalue weighted by Gasteiger charge is 2.14. The second kappa shape index (κ2) is 5.68. The van der Waals surface area contributed by atoms with Crippen LogP contribution < -0.4 is 5.32 Å². The van der Waals surface area contributed by atoms with Crippen molar-refractivity contribution >= 4 is 6.09 Å². The number of carbonyl (C=O) groups is 1. The Balaban J connectivity index is 3.66. The molecule has 0 aliphatic rings.